The van der Waals surface area contributed by atoms with Crippen molar-refractivity contribution in [3.05, 3.63) is 88.7 Å². The van der Waals surface area contributed by atoms with Gasteiger partial charge in [-0.1, -0.05) is 38.5 Å². The molecule has 42 heavy (non-hydrogen) atoms. The largest absolute Gasteiger partial charge is 0.497 e. The molecule has 0 radical (unpaired) electrons. The molecule has 0 spiro atoms. The molecular formula is C36H45FN2O3. The maximum absolute atomic E-state index is 15.2. The summed E-state index contributed by atoms with van der Waals surface area (Å²) in [5, 5.41) is 0. The Morgan fingerprint density at radius 1 is 0.905 bits per heavy atom. The van der Waals surface area contributed by atoms with E-state index in [0.717, 1.165) is 55.3 Å². The van der Waals surface area contributed by atoms with E-state index < -0.39 is 0 Å². The van der Waals surface area contributed by atoms with E-state index in [4.69, 9.17) is 14.2 Å². The van der Waals surface area contributed by atoms with Gasteiger partial charge in [-0.05, 0) is 97.9 Å². The first-order chi connectivity index (χ1) is 20.3. The van der Waals surface area contributed by atoms with Crippen LogP contribution in [0.1, 0.15) is 62.3 Å². The fourth-order valence-corrected chi connectivity index (χ4v) is 6.48. The zero-order valence-electron chi connectivity index (χ0n) is 25.8. The predicted molar refractivity (Wildman–Crippen MR) is 170 cm³/mol. The number of halogens is 1. The van der Waals surface area contributed by atoms with Crippen molar-refractivity contribution in [2.75, 3.05) is 51.9 Å². The van der Waals surface area contributed by atoms with Crippen molar-refractivity contribution in [3.8, 4) is 17.2 Å². The maximum atomic E-state index is 15.2. The number of methoxy groups -OCH3 is 2. The van der Waals surface area contributed by atoms with Crippen LogP contribution >= 0.6 is 0 Å². The highest BCUT2D eigenvalue weighted by Crippen LogP contribution is 2.47. The van der Waals surface area contributed by atoms with Crippen LogP contribution in [0.25, 0.3) is 5.57 Å². The van der Waals surface area contributed by atoms with E-state index in [1.54, 1.807) is 26.4 Å². The van der Waals surface area contributed by atoms with E-state index in [0.29, 0.717) is 18.9 Å². The van der Waals surface area contributed by atoms with Gasteiger partial charge in [0, 0.05) is 42.4 Å². The highest BCUT2D eigenvalue weighted by molar-refractivity contribution is 5.85. The third kappa shape index (κ3) is 6.44. The smallest absolute Gasteiger partial charge is 0.165 e. The Morgan fingerprint density at radius 3 is 2.36 bits per heavy atom. The van der Waals surface area contributed by atoms with E-state index in [1.165, 1.54) is 41.5 Å². The lowest BCUT2D eigenvalue weighted by molar-refractivity contribution is 0.180. The zero-order valence-corrected chi connectivity index (χ0v) is 25.8. The molecule has 0 aromatic heterocycles. The van der Waals surface area contributed by atoms with Gasteiger partial charge in [-0.15, -0.1) is 0 Å². The van der Waals surface area contributed by atoms with E-state index >= 15 is 4.39 Å². The summed E-state index contributed by atoms with van der Waals surface area (Å²) >= 11 is 0. The number of hydrogen-bond acceptors (Lipinski definition) is 5. The van der Waals surface area contributed by atoms with Crippen LogP contribution in [0.4, 0.5) is 10.1 Å². The van der Waals surface area contributed by atoms with Crippen LogP contribution in [0.15, 0.2) is 60.7 Å². The molecule has 0 unspecified atom stereocenters. The molecule has 3 aromatic rings. The normalized spacial score (nSPS) is 16.4. The van der Waals surface area contributed by atoms with Crippen LogP contribution in [0.3, 0.4) is 0 Å². The van der Waals surface area contributed by atoms with Crippen molar-refractivity contribution < 1.29 is 18.6 Å². The molecule has 0 saturated carbocycles. The fraction of sp³-hybridized carbons (Fsp3) is 0.444. The molecule has 2 aliphatic rings. The summed E-state index contributed by atoms with van der Waals surface area (Å²) in [7, 11) is 3.41. The quantitative estimate of drug-likeness (QED) is 0.236. The summed E-state index contributed by atoms with van der Waals surface area (Å²) in [6, 6.07) is 18.1. The number of nitrogens with zero attached hydrogens (tertiary/aromatic N) is 2. The van der Waals surface area contributed by atoms with Gasteiger partial charge in [0.1, 0.15) is 18.1 Å². The predicted octanol–water partition coefficient (Wildman–Crippen LogP) is 7.65. The number of rotatable bonds is 11. The number of piperidine rings is 1. The summed E-state index contributed by atoms with van der Waals surface area (Å²) in [4.78, 5) is 4.70. The van der Waals surface area contributed by atoms with Crippen molar-refractivity contribution in [1.29, 1.82) is 0 Å². The van der Waals surface area contributed by atoms with Crippen LogP contribution in [-0.4, -0.2) is 51.9 Å². The van der Waals surface area contributed by atoms with Crippen LogP contribution < -0.4 is 19.1 Å². The fourth-order valence-electron chi connectivity index (χ4n) is 6.48. The lowest BCUT2D eigenvalue weighted by atomic mass is 9.69. The number of benzene rings is 3. The first kappa shape index (κ1) is 30.0. The Balaban J connectivity index is 1.37. The minimum atomic E-state index is -0.309. The summed E-state index contributed by atoms with van der Waals surface area (Å²) < 4.78 is 32.1. The number of likely N-dealkylation sites (tertiary alicyclic amines) is 1. The van der Waals surface area contributed by atoms with Gasteiger partial charge in [0.25, 0.3) is 0 Å². The average Bonchev–Trinajstić information content (AvgIpc) is 3.01. The van der Waals surface area contributed by atoms with Crippen LogP contribution in [0, 0.1) is 5.82 Å². The summed E-state index contributed by atoms with van der Waals surface area (Å²) in [6.07, 6.45) is 6.97. The van der Waals surface area contributed by atoms with Gasteiger partial charge in [-0.3, -0.25) is 4.90 Å². The molecule has 0 atom stereocenters. The lowest BCUT2D eigenvalue weighted by Crippen LogP contribution is -2.33. The Bertz CT molecular complexity index is 1410. The first-order valence-corrected chi connectivity index (χ1v) is 15.3. The Hall–Kier alpha value is -3.51. The number of ether oxygens (including phenoxy) is 3. The van der Waals surface area contributed by atoms with Crippen LogP contribution in [0.2, 0.25) is 0 Å². The average molecular weight is 573 g/mol. The van der Waals surface area contributed by atoms with Crippen molar-refractivity contribution in [2.24, 2.45) is 0 Å². The van der Waals surface area contributed by atoms with Crippen molar-refractivity contribution in [3.63, 3.8) is 0 Å². The lowest BCUT2D eigenvalue weighted by Gasteiger charge is -2.37. The zero-order chi connectivity index (χ0) is 29.7. The van der Waals surface area contributed by atoms with Gasteiger partial charge in [0.15, 0.2) is 11.6 Å². The number of fused-ring (bicyclic) bond motifs is 1. The Labute approximate surface area is 250 Å². The number of anilines is 1. The van der Waals surface area contributed by atoms with E-state index in [9.17, 15) is 0 Å². The van der Waals surface area contributed by atoms with Gasteiger partial charge >= 0.3 is 0 Å². The topological polar surface area (TPSA) is 34.2 Å². The highest BCUT2D eigenvalue weighted by Gasteiger charge is 2.33. The number of hydrogen-bond donors (Lipinski definition) is 0. The van der Waals surface area contributed by atoms with Crippen molar-refractivity contribution in [1.82, 2.24) is 4.90 Å². The maximum Gasteiger partial charge on any atom is 0.165 e. The SMILES string of the molecule is CCN(Cc1ccc(OCCN2CCCCC2)c(F)c1)c1cc(OC)ccc1C1=CCc2cc(OC)ccc2C1(C)C. The molecular weight excluding hydrogens is 527 g/mol. The van der Waals surface area contributed by atoms with Crippen molar-refractivity contribution in [2.45, 2.75) is 58.4 Å². The first-order valence-electron chi connectivity index (χ1n) is 15.3. The molecule has 5 rings (SSSR count). The second kappa shape index (κ2) is 13.2. The van der Waals surface area contributed by atoms with Gasteiger partial charge in [0.05, 0.1) is 14.2 Å². The van der Waals surface area contributed by atoms with Gasteiger partial charge in [0.2, 0.25) is 0 Å². The second-order valence-electron chi connectivity index (χ2n) is 11.9. The number of allylic oxidation sites excluding steroid dienone is 2. The molecule has 5 nitrogen and oxygen atoms in total. The van der Waals surface area contributed by atoms with E-state index in [-0.39, 0.29) is 11.2 Å². The molecule has 1 heterocycles. The highest BCUT2D eigenvalue weighted by atomic mass is 19.1. The molecule has 0 bridgehead atoms. The molecule has 6 heteroatoms. The van der Waals surface area contributed by atoms with E-state index in [2.05, 4.69) is 60.9 Å². The second-order valence-corrected chi connectivity index (χ2v) is 11.9. The summed E-state index contributed by atoms with van der Waals surface area (Å²) in [5.74, 6) is 1.70. The summed E-state index contributed by atoms with van der Waals surface area (Å²) in [5.41, 5.74) is 6.82. The molecule has 1 aliphatic carbocycles. The van der Waals surface area contributed by atoms with Crippen LogP contribution in [-0.2, 0) is 18.4 Å². The molecule has 1 fully saturated rings. The summed E-state index contributed by atoms with van der Waals surface area (Å²) in [6.45, 7) is 11.6. The minimum Gasteiger partial charge on any atom is -0.497 e. The molecule has 3 aromatic carbocycles. The molecule has 224 valence electrons. The monoisotopic (exact) mass is 572 g/mol. The van der Waals surface area contributed by atoms with Gasteiger partial charge in [-0.2, -0.15) is 0 Å². The third-order valence-corrected chi connectivity index (χ3v) is 8.89. The van der Waals surface area contributed by atoms with Crippen LogP contribution in [0.5, 0.6) is 17.2 Å². The molecule has 0 N–H and O–H groups in total. The Kier molecular flexibility index (Phi) is 9.42. The molecule has 0 amide bonds. The molecule has 1 aliphatic heterocycles. The standard InChI is InChI=1S/C36H45FN2O3/c1-6-39(25-26-10-17-35(33(37)22-26)42-21-20-38-18-8-7-9-19-38)34-24-29(41-5)12-14-30(34)32-15-11-27-23-28(40-4)13-16-31(27)36(32,2)3/h10,12-17,22-24H,6-9,11,18-21,25H2,1-5H3. The molecule has 1 saturated heterocycles. The Morgan fingerprint density at radius 2 is 1.64 bits per heavy atom. The van der Waals surface area contributed by atoms with Crippen molar-refractivity contribution >= 4 is 11.3 Å². The van der Waals surface area contributed by atoms with E-state index in [1.807, 2.05) is 18.2 Å². The van der Waals surface area contributed by atoms with Gasteiger partial charge < -0.3 is 19.1 Å². The third-order valence-electron chi connectivity index (χ3n) is 8.89. The minimum absolute atomic E-state index is 0.206. The van der Waals surface area contributed by atoms with Gasteiger partial charge in [-0.25, -0.2) is 4.39 Å².